The molecule has 30 heavy (non-hydrogen) atoms. The molecule has 0 aliphatic heterocycles. The minimum absolute atomic E-state index is 0. The first-order valence-corrected chi connectivity index (χ1v) is 10.2. The summed E-state index contributed by atoms with van der Waals surface area (Å²) >= 11 is 12.4. The van der Waals surface area contributed by atoms with Crippen LogP contribution < -0.4 is 5.01 Å². The quantitative estimate of drug-likeness (QED) is 0.412. The monoisotopic (exact) mass is 490 g/mol. The average Bonchev–Trinajstić information content (AvgIpc) is 3.00. The Kier molecular flexibility index (Phi) is 10.8. The van der Waals surface area contributed by atoms with E-state index in [4.69, 9.17) is 23.2 Å². The van der Waals surface area contributed by atoms with Crippen LogP contribution in [0.1, 0.15) is 0 Å². The fourth-order valence-electron chi connectivity index (χ4n) is 3.24. The van der Waals surface area contributed by atoms with Gasteiger partial charge in [-0.3, -0.25) is 4.68 Å². The molecule has 0 fully saturated rings. The van der Waals surface area contributed by atoms with Crippen molar-refractivity contribution in [2.24, 2.45) is 0 Å². The van der Waals surface area contributed by atoms with Crippen molar-refractivity contribution in [3.63, 3.8) is 0 Å². The van der Waals surface area contributed by atoms with Gasteiger partial charge in [0, 0.05) is 53.4 Å². The van der Waals surface area contributed by atoms with Crippen molar-refractivity contribution in [1.29, 1.82) is 0 Å². The Balaban J connectivity index is 0.00000225. The Hall–Kier alpha value is -1.14. The minimum atomic E-state index is 0. The lowest BCUT2D eigenvalue weighted by Gasteiger charge is -2.29. The van der Waals surface area contributed by atoms with E-state index in [2.05, 4.69) is 72.1 Å². The first-order valence-electron chi connectivity index (χ1n) is 9.46. The summed E-state index contributed by atoms with van der Waals surface area (Å²) in [5.74, 6) is 0. The van der Waals surface area contributed by atoms with Gasteiger partial charge in [0.15, 0.2) is 0 Å². The molecule has 2 aromatic carbocycles. The van der Waals surface area contributed by atoms with Gasteiger partial charge in [0.05, 0.1) is 5.52 Å². The fourth-order valence-corrected chi connectivity index (χ4v) is 3.53. The molecule has 0 saturated heterocycles. The third-order valence-corrected chi connectivity index (χ3v) is 5.30. The maximum absolute atomic E-state index is 6.34. The number of likely N-dealkylation sites (N-methyl/N-ethyl adjacent to an activating group) is 2. The molecule has 1 heterocycles. The maximum atomic E-state index is 6.34. The summed E-state index contributed by atoms with van der Waals surface area (Å²) in [6.07, 6.45) is 2.22. The normalized spacial score (nSPS) is 10.9. The Labute approximate surface area is 202 Å². The maximum Gasteiger partial charge on any atom is 0.0702 e. The van der Waals surface area contributed by atoms with Gasteiger partial charge in [0.1, 0.15) is 0 Å². The second kappa shape index (κ2) is 12.0. The van der Waals surface area contributed by atoms with Crippen molar-refractivity contribution < 1.29 is 0 Å². The van der Waals surface area contributed by atoms with Crippen molar-refractivity contribution in [1.82, 2.24) is 14.5 Å². The highest BCUT2D eigenvalue weighted by Crippen LogP contribution is 2.33. The van der Waals surface area contributed by atoms with Crippen LogP contribution in [0, 0.1) is 0 Å². The number of halogens is 4. The van der Waals surface area contributed by atoms with Gasteiger partial charge in [-0.15, -0.1) is 24.8 Å². The van der Waals surface area contributed by atoms with Crippen LogP contribution in [0.25, 0.3) is 22.0 Å². The van der Waals surface area contributed by atoms with Crippen LogP contribution in [0.2, 0.25) is 10.0 Å². The van der Waals surface area contributed by atoms with Gasteiger partial charge >= 0.3 is 0 Å². The molecule has 0 saturated carbocycles. The minimum Gasteiger partial charge on any atom is -0.310 e. The van der Waals surface area contributed by atoms with Gasteiger partial charge in [-0.05, 0) is 64.1 Å². The van der Waals surface area contributed by atoms with E-state index < -0.39 is 0 Å². The smallest absolute Gasteiger partial charge is 0.0702 e. The highest BCUT2D eigenvalue weighted by atomic mass is 35.5. The molecule has 4 nitrogen and oxygen atoms in total. The molecule has 0 aliphatic carbocycles. The van der Waals surface area contributed by atoms with Crippen molar-refractivity contribution in [3.05, 3.63) is 58.7 Å². The van der Waals surface area contributed by atoms with Gasteiger partial charge in [-0.1, -0.05) is 35.3 Å². The Morgan fingerprint density at radius 3 is 1.80 bits per heavy atom. The van der Waals surface area contributed by atoms with Crippen LogP contribution in [-0.4, -0.2) is 68.8 Å². The van der Waals surface area contributed by atoms with E-state index in [-0.39, 0.29) is 24.8 Å². The van der Waals surface area contributed by atoms with Gasteiger partial charge in [-0.2, -0.15) is 0 Å². The van der Waals surface area contributed by atoms with E-state index >= 15 is 0 Å². The van der Waals surface area contributed by atoms with E-state index in [1.54, 1.807) is 0 Å². The highest BCUT2D eigenvalue weighted by Gasteiger charge is 2.16. The van der Waals surface area contributed by atoms with Crippen LogP contribution in [0.15, 0.2) is 48.7 Å². The molecular weight excluding hydrogens is 462 g/mol. The van der Waals surface area contributed by atoms with Gasteiger partial charge < -0.3 is 14.8 Å². The second-order valence-corrected chi connectivity index (χ2v) is 8.49. The molecule has 0 N–H and O–H groups in total. The number of aromatic nitrogens is 1. The van der Waals surface area contributed by atoms with Gasteiger partial charge in [-0.25, -0.2) is 0 Å². The molecule has 0 bridgehead atoms. The molecule has 0 aliphatic rings. The van der Waals surface area contributed by atoms with E-state index in [9.17, 15) is 0 Å². The summed E-state index contributed by atoms with van der Waals surface area (Å²) in [5.41, 5.74) is 3.45. The Morgan fingerprint density at radius 2 is 1.27 bits per heavy atom. The molecule has 0 spiro atoms. The Morgan fingerprint density at radius 1 is 0.733 bits per heavy atom. The first kappa shape index (κ1) is 26.9. The van der Waals surface area contributed by atoms with E-state index in [0.29, 0.717) is 0 Å². The number of fused-ring (bicyclic) bond motifs is 1. The summed E-state index contributed by atoms with van der Waals surface area (Å²) in [5, 5.41) is 5.03. The molecular formula is C22H30Cl4N4. The van der Waals surface area contributed by atoms with Gasteiger partial charge in [0.2, 0.25) is 0 Å². The van der Waals surface area contributed by atoms with Crippen LogP contribution in [0.4, 0.5) is 0 Å². The van der Waals surface area contributed by atoms with Crippen LogP contribution >= 0.6 is 48.0 Å². The topological polar surface area (TPSA) is 14.7 Å². The number of nitrogens with zero attached hydrogens (tertiary/aromatic N) is 4. The van der Waals surface area contributed by atoms with E-state index in [1.165, 1.54) is 0 Å². The zero-order chi connectivity index (χ0) is 20.3. The fraction of sp³-hybridized carbons (Fsp3) is 0.364. The lowest BCUT2D eigenvalue weighted by Crippen LogP contribution is -2.43. The number of rotatable bonds is 8. The zero-order valence-corrected chi connectivity index (χ0v) is 21.0. The molecule has 3 aromatic rings. The number of hydrogen-bond acceptors (Lipinski definition) is 3. The third kappa shape index (κ3) is 6.68. The highest BCUT2D eigenvalue weighted by molar-refractivity contribution is 6.31. The number of hydrogen-bond donors (Lipinski definition) is 0. The van der Waals surface area contributed by atoms with Crippen molar-refractivity contribution >= 4 is 58.9 Å². The molecule has 0 unspecified atom stereocenters. The van der Waals surface area contributed by atoms with Gasteiger partial charge in [0.25, 0.3) is 0 Å². The largest absolute Gasteiger partial charge is 0.310 e. The summed E-state index contributed by atoms with van der Waals surface area (Å²) in [4.78, 5) is 4.43. The third-order valence-electron chi connectivity index (χ3n) is 4.82. The van der Waals surface area contributed by atoms with E-state index in [0.717, 1.165) is 58.3 Å². The lowest BCUT2D eigenvalue weighted by molar-refractivity contribution is 0.368. The van der Waals surface area contributed by atoms with Crippen molar-refractivity contribution in [2.75, 3.05) is 59.4 Å². The Bertz CT molecular complexity index is 911. The predicted octanol–water partition coefficient (Wildman–Crippen LogP) is 5.52. The molecule has 1 aromatic heterocycles. The lowest BCUT2D eigenvalue weighted by atomic mass is 10.1. The van der Waals surface area contributed by atoms with Crippen LogP contribution in [0.3, 0.4) is 0 Å². The summed E-state index contributed by atoms with van der Waals surface area (Å²) in [7, 11) is 8.43. The summed E-state index contributed by atoms with van der Waals surface area (Å²) < 4.78 is 2.28. The number of benzene rings is 2. The predicted molar refractivity (Wildman–Crippen MR) is 137 cm³/mol. The standard InChI is InChI=1S/C22H28Cl2N4.2ClH/c1-25(2)11-13-27(14-12-26(3)4)28-16-21(17-5-7-18(23)8-6-17)20-15-19(24)9-10-22(20)28;;/h5-10,15-16H,11-14H2,1-4H3;2*1H. The first-order chi connectivity index (χ1) is 13.3. The molecule has 0 atom stereocenters. The molecule has 0 radical (unpaired) electrons. The second-order valence-electron chi connectivity index (χ2n) is 7.62. The zero-order valence-electron chi connectivity index (χ0n) is 17.8. The SMILES string of the molecule is CN(C)CCN(CCN(C)C)n1cc(-c2ccc(Cl)cc2)c2cc(Cl)ccc21.Cl.Cl. The van der Waals surface area contributed by atoms with Crippen LogP contribution in [0.5, 0.6) is 0 Å². The van der Waals surface area contributed by atoms with Crippen molar-refractivity contribution in [3.8, 4) is 11.1 Å². The summed E-state index contributed by atoms with van der Waals surface area (Å²) in [6, 6.07) is 14.1. The van der Waals surface area contributed by atoms with Crippen molar-refractivity contribution in [2.45, 2.75) is 0 Å². The molecule has 0 amide bonds. The molecule has 3 rings (SSSR count). The average molecular weight is 492 g/mol. The molecule has 8 heteroatoms. The molecule has 166 valence electrons. The summed E-state index contributed by atoms with van der Waals surface area (Å²) in [6.45, 7) is 3.84. The van der Waals surface area contributed by atoms with E-state index in [1.807, 2.05) is 24.3 Å². The van der Waals surface area contributed by atoms with Crippen LogP contribution in [-0.2, 0) is 0 Å².